The van der Waals surface area contributed by atoms with Crippen LogP contribution in [-0.2, 0) is 23.7 Å². The second-order valence-electron chi connectivity index (χ2n) is 8.44. The van der Waals surface area contributed by atoms with Crippen LogP contribution in [-0.4, -0.2) is 22.4 Å². The molecule has 0 unspecified atom stereocenters. The third-order valence-electron chi connectivity index (χ3n) is 5.78. The Hall–Kier alpha value is 0.434. The summed E-state index contributed by atoms with van der Waals surface area (Å²) in [6.07, 6.45) is 30.8. The van der Waals surface area contributed by atoms with Crippen LogP contribution < -0.4 is 0 Å². The topological polar surface area (TPSA) is 57.5 Å². The number of aliphatic hydroxyl groups excluding tert-OH is 2. The summed E-state index contributed by atoms with van der Waals surface area (Å²) in [4.78, 5) is 0. The molecule has 4 aliphatic rings. The molecule has 0 bridgehead atoms. The van der Waals surface area contributed by atoms with Crippen molar-refractivity contribution in [3.05, 3.63) is 12.8 Å². The fourth-order valence-electron chi connectivity index (χ4n) is 3.96. The molecule has 0 aromatic rings. The van der Waals surface area contributed by atoms with Crippen LogP contribution in [0.15, 0.2) is 0 Å². The number of hydrogen-bond acceptors (Lipinski definition) is 3. The number of rotatable bonds is 0. The Kier molecular flexibility index (Phi) is 24.1. The molecular weight excluding hydrogens is 384 g/mol. The zero-order valence-corrected chi connectivity index (χ0v) is 19.8. The van der Waals surface area contributed by atoms with Crippen LogP contribution in [0.3, 0.4) is 0 Å². The van der Waals surface area contributed by atoms with Gasteiger partial charge in [0.05, 0.1) is 12.2 Å². The molecule has 4 saturated carbocycles. The SMILES string of the molecule is OC1CCCCC1.OC1CCCCC1.[CH-]1CCCCC1.[CH-]1CCCCC1.[O]=[Ti+2]. The van der Waals surface area contributed by atoms with Crippen molar-refractivity contribution in [2.75, 3.05) is 0 Å². The van der Waals surface area contributed by atoms with Gasteiger partial charge in [-0.05, 0) is 25.7 Å². The summed E-state index contributed by atoms with van der Waals surface area (Å²) in [5.41, 5.74) is 0. The van der Waals surface area contributed by atoms with E-state index in [-0.39, 0.29) is 12.2 Å². The van der Waals surface area contributed by atoms with Gasteiger partial charge in [-0.3, -0.25) is 0 Å². The van der Waals surface area contributed by atoms with E-state index in [1.54, 1.807) is 0 Å². The average molecular weight is 430 g/mol. The molecule has 0 saturated heterocycles. The molecule has 4 fully saturated rings. The number of hydrogen-bond donors (Lipinski definition) is 2. The predicted molar refractivity (Wildman–Crippen MR) is 114 cm³/mol. The third-order valence-corrected chi connectivity index (χ3v) is 5.78. The number of aliphatic hydroxyl groups is 2. The van der Waals surface area contributed by atoms with E-state index < -0.39 is 0 Å². The average Bonchev–Trinajstić information content (AvgIpc) is 2.80. The van der Waals surface area contributed by atoms with E-state index in [0.29, 0.717) is 0 Å². The van der Waals surface area contributed by atoms with Gasteiger partial charge < -0.3 is 23.1 Å². The van der Waals surface area contributed by atoms with Gasteiger partial charge in [0.1, 0.15) is 0 Å². The van der Waals surface area contributed by atoms with Crippen LogP contribution in [0.2, 0.25) is 0 Å². The molecule has 0 aliphatic heterocycles. The van der Waals surface area contributed by atoms with Gasteiger partial charge in [-0.25, -0.2) is 0 Å². The quantitative estimate of drug-likeness (QED) is 0.328. The summed E-state index contributed by atoms with van der Waals surface area (Å²) in [5, 5.41) is 17.8. The molecule has 28 heavy (non-hydrogen) atoms. The van der Waals surface area contributed by atoms with Crippen molar-refractivity contribution in [3.63, 3.8) is 0 Å². The molecule has 4 rings (SSSR count). The molecule has 4 aliphatic carbocycles. The molecular formula is C24H46O3Ti. The van der Waals surface area contributed by atoms with Crippen molar-refractivity contribution in [2.24, 2.45) is 0 Å². The van der Waals surface area contributed by atoms with Crippen LogP contribution in [0.25, 0.3) is 0 Å². The Balaban J connectivity index is 0.000000338. The zero-order chi connectivity index (χ0) is 20.7. The van der Waals surface area contributed by atoms with E-state index in [9.17, 15) is 0 Å². The Morgan fingerprint density at radius 3 is 0.821 bits per heavy atom. The van der Waals surface area contributed by atoms with Crippen LogP contribution in [0.4, 0.5) is 0 Å². The standard InChI is InChI=1S/2C6H12O.2C6H11.O.Ti/c2*7-6-4-2-1-3-5-6;2*1-2-4-6-5-3-1;;/h2*6-7H,1-5H2;2*1H,2-6H2;;/q;;2*-1;;+2. The first-order chi connectivity index (χ1) is 13.8. The van der Waals surface area contributed by atoms with Crippen LogP contribution in [0, 0.1) is 12.8 Å². The molecule has 0 amide bonds. The van der Waals surface area contributed by atoms with Crippen molar-refractivity contribution in [1.82, 2.24) is 0 Å². The van der Waals surface area contributed by atoms with Crippen LogP contribution in [0.5, 0.6) is 0 Å². The molecule has 0 spiro atoms. The van der Waals surface area contributed by atoms with Crippen LogP contribution in [0.1, 0.15) is 128 Å². The van der Waals surface area contributed by atoms with Crippen molar-refractivity contribution >= 4 is 0 Å². The molecule has 2 N–H and O–H groups in total. The van der Waals surface area contributed by atoms with E-state index in [1.165, 1.54) is 103 Å². The summed E-state index contributed by atoms with van der Waals surface area (Å²) in [6, 6.07) is 0. The first-order valence-corrected chi connectivity index (χ1v) is 12.6. The first kappa shape index (κ1) is 28.4. The van der Waals surface area contributed by atoms with Gasteiger partial charge in [0.25, 0.3) is 0 Å². The van der Waals surface area contributed by atoms with E-state index >= 15 is 0 Å². The van der Waals surface area contributed by atoms with Gasteiger partial charge in [-0.2, -0.15) is 25.7 Å². The molecule has 0 atom stereocenters. The van der Waals surface area contributed by atoms with Gasteiger partial charge in [0, 0.05) is 0 Å². The van der Waals surface area contributed by atoms with Crippen molar-refractivity contribution in [1.29, 1.82) is 0 Å². The summed E-state index contributed by atoms with van der Waals surface area (Å²) < 4.78 is 8.25. The third kappa shape index (κ3) is 21.2. The van der Waals surface area contributed by atoms with E-state index in [1.807, 2.05) is 0 Å². The van der Waals surface area contributed by atoms with Crippen molar-refractivity contribution in [3.8, 4) is 0 Å². The second kappa shape index (κ2) is 23.7. The zero-order valence-electron chi connectivity index (χ0n) is 18.3. The van der Waals surface area contributed by atoms with E-state index in [4.69, 9.17) is 13.5 Å². The molecule has 164 valence electrons. The second-order valence-corrected chi connectivity index (χ2v) is 8.44. The van der Waals surface area contributed by atoms with Gasteiger partial charge >= 0.3 is 23.7 Å². The van der Waals surface area contributed by atoms with Gasteiger partial charge in [0.2, 0.25) is 0 Å². The normalized spacial score (nSPS) is 23.1. The molecule has 3 nitrogen and oxygen atoms in total. The Morgan fingerprint density at radius 1 is 0.464 bits per heavy atom. The van der Waals surface area contributed by atoms with Crippen molar-refractivity contribution in [2.45, 2.75) is 141 Å². The molecule has 4 heteroatoms. The first-order valence-electron chi connectivity index (χ1n) is 12.0. The van der Waals surface area contributed by atoms with Gasteiger partial charge in [0.15, 0.2) is 0 Å². The van der Waals surface area contributed by atoms with Gasteiger partial charge in [-0.15, -0.1) is 0 Å². The Bertz CT molecular complexity index is 231. The molecule has 0 aromatic carbocycles. The predicted octanol–water partition coefficient (Wildman–Crippen LogP) is 6.81. The molecule has 0 radical (unpaired) electrons. The summed E-state index contributed by atoms with van der Waals surface area (Å²) in [5.74, 6) is 0. The minimum absolute atomic E-state index is 0.0359. The summed E-state index contributed by atoms with van der Waals surface area (Å²) in [7, 11) is 0. The molecule has 0 aromatic heterocycles. The molecule has 0 heterocycles. The van der Waals surface area contributed by atoms with Crippen LogP contribution >= 0.6 is 0 Å². The van der Waals surface area contributed by atoms with Gasteiger partial charge in [-0.1, -0.05) is 77.0 Å². The maximum absolute atomic E-state index is 8.91. The minimum atomic E-state index is 0.0359. The van der Waals surface area contributed by atoms with Crippen molar-refractivity contribution < 1.29 is 33.9 Å². The summed E-state index contributed by atoms with van der Waals surface area (Å²) >= 11 is 0.750. The van der Waals surface area contributed by atoms with E-state index in [2.05, 4.69) is 12.8 Å². The monoisotopic (exact) mass is 430 g/mol. The summed E-state index contributed by atoms with van der Waals surface area (Å²) in [6.45, 7) is 0. The fourth-order valence-corrected chi connectivity index (χ4v) is 3.96. The Morgan fingerprint density at radius 2 is 0.714 bits per heavy atom. The maximum atomic E-state index is 8.91. The Labute approximate surface area is 187 Å². The fraction of sp³-hybridized carbons (Fsp3) is 0.917. The van der Waals surface area contributed by atoms with E-state index in [0.717, 1.165) is 46.1 Å².